The normalized spacial score (nSPS) is 11.4. The number of nitrogens with one attached hydrogen (secondary N) is 1. The number of halogens is 1. The highest BCUT2D eigenvalue weighted by molar-refractivity contribution is 9.10. The number of hydrogen-bond donors (Lipinski definition) is 1. The van der Waals surface area contributed by atoms with E-state index in [-0.39, 0.29) is 0 Å². The van der Waals surface area contributed by atoms with Crippen molar-refractivity contribution in [2.45, 2.75) is 26.2 Å². The average molecular weight is 333 g/mol. The summed E-state index contributed by atoms with van der Waals surface area (Å²) in [5.74, 6) is 0.530. The van der Waals surface area contributed by atoms with Crippen molar-refractivity contribution in [3.8, 4) is 0 Å². The van der Waals surface area contributed by atoms with Gasteiger partial charge in [-0.05, 0) is 43.0 Å². The molecule has 0 aliphatic rings. The SMILES string of the molecule is CC/C(CCc1ccc(Br)cc1)=N\Nc1ncccn1. The summed E-state index contributed by atoms with van der Waals surface area (Å²) in [7, 11) is 0. The summed E-state index contributed by atoms with van der Waals surface area (Å²) in [4.78, 5) is 8.16. The van der Waals surface area contributed by atoms with Gasteiger partial charge in [-0.2, -0.15) is 5.10 Å². The lowest BCUT2D eigenvalue weighted by Crippen LogP contribution is -2.04. The van der Waals surface area contributed by atoms with E-state index in [1.807, 2.05) is 0 Å². The van der Waals surface area contributed by atoms with Crippen molar-refractivity contribution in [1.29, 1.82) is 0 Å². The topological polar surface area (TPSA) is 50.2 Å². The second kappa shape index (κ2) is 7.75. The molecule has 0 saturated heterocycles. The van der Waals surface area contributed by atoms with E-state index in [1.165, 1.54) is 5.56 Å². The second-order valence-electron chi connectivity index (χ2n) is 4.34. The minimum absolute atomic E-state index is 0.530. The molecule has 0 bridgehead atoms. The lowest BCUT2D eigenvalue weighted by molar-refractivity contribution is 0.989. The van der Waals surface area contributed by atoms with E-state index < -0.39 is 0 Å². The van der Waals surface area contributed by atoms with Crippen molar-refractivity contribution >= 4 is 27.6 Å². The number of anilines is 1. The Labute approximate surface area is 127 Å². The maximum atomic E-state index is 4.38. The monoisotopic (exact) mass is 332 g/mol. The number of aromatic nitrogens is 2. The fraction of sp³-hybridized carbons (Fsp3) is 0.267. The molecule has 1 aromatic heterocycles. The van der Waals surface area contributed by atoms with Crippen molar-refractivity contribution in [2.24, 2.45) is 5.10 Å². The smallest absolute Gasteiger partial charge is 0.243 e. The number of nitrogens with zero attached hydrogens (tertiary/aromatic N) is 3. The zero-order chi connectivity index (χ0) is 14.2. The van der Waals surface area contributed by atoms with Gasteiger partial charge >= 0.3 is 0 Å². The minimum Gasteiger partial charge on any atom is -0.245 e. The third kappa shape index (κ3) is 4.74. The van der Waals surface area contributed by atoms with Crippen molar-refractivity contribution in [3.05, 3.63) is 52.8 Å². The summed E-state index contributed by atoms with van der Waals surface area (Å²) >= 11 is 3.44. The van der Waals surface area contributed by atoms with Crippen molar-refractivity contribution in [3.63, 3.8) is 0 Å². The quantitative estimate of drug-likeness (QED) is 0.641. The van der Waals surface area contributed by atoms with Crippen LogP contribution in [0.1, 0.15) is 25.3 Å². The second-order valence-corrected chi connectivity index (χ2v) is 5.26. The van der Waals surface area contributed by atoms with Crippen LogP contribution in [0.15, 0.2) is 52.3 Å². The summed E-state index contributed by atoms with van der Waals surface area (Å²) < 4.78 is 1.11. The molecule has 1 heterocycles. The van der Waals surface area contributed by atoms with Gasteiger partial charge in [0.05, 0.1) is 0 Å². The van der Waals surface area contributed by atoms with Crippen LogP contribution in [-0.4, -0.2) is 15.7 Å². The Morgan fingerprint density at radius 3 is 2.55 bits per heavy atom. The first-order valence-corrected chi connectivity index (χ1v) is 7.40. The molecule has 1 aromatic carbocycles. The summed E-state index contributed by atoms with van der Waals surface area (Å²) in [6, 6.07) is 10.2. The standard InChI is InChI=1S/C15H17BrN4/c1-2-14(19-20-15-17-10-3-11-18-15)9-6-12-4-7-13(16)8-5-12/h3-5,7-8,10-11H,2,6,9H2,1H3,(H,17,18,20)/b19-14+. The van der Waals surface area contributed by atoms with Crippen LogP contribution in [0.4, 0.5) is 5.95 Å². The van der Waals surface area contributed by atoms with Crippen LogP contribution in [0.2, 0.25) is 0 Å². The van der Waals surface area contributed by atoms with Gasteiger partial charge in [0.2, 0.25) is 5.95 Å². The number of hydrogen-bond acceptors (Lipinski definition) is 4. The van der Waals surface area contributed by atoms with E-state index in [0.29, 0.717) is 5.95 Å². The first kappa shape index (κ1) is 14.7. The molecule has 2 aromatic rings. The Kier molecular flexibility index (Phi) is 5.68. The fourth-order valence-corrected chi connectivity index (χ4v) is 2.00. The molecule has 0 aliphatic heterocycles. The first-order chi connectivity index (χ1) is 9.78. The molecule has 0 aliphatic carbocycles. The molecular formula is C15H17BrN4. The summed E-state index contributed by atoms with van der Waals surface area (Å²) in [6.45, 7) is 2.11. The van der Waals surface area contributed by atoms with E-state index in [1.54, 1.807) is 18.5 Å². The lowest BCUT2D eigenvalue weighted by Gasteiger charge is -2.05. The van der Waals surface area contributed by atoms with Gasteiger partial charge in [0.15, 0.2) is 0 Å². The largest absolute Gasteiger partial charge is 0.245 e. The van der Waals surface area contributed by atoms with Gasteiger partial charge in [0.1, 0.15) is 0 Å². The highest BCUT2D eigenvalue weighted by Crippen LogP contribution is 2.12. The number of benzene rings is 1. The number of aryl methyl sites for hydroxylation is 1. The highest BCUT2D eigenvalue weighted by atomic mass is 79.9. The van der Waals surface area contributed by atoms with Crippen molar-refractivity contribution in [2.75, 3.05) is 5.43 Å². The molecule has 0 spiro atoms. The van der Waals surface area contributed by atoms with E-state index in [2.05, 4.69) is 67.6 Å². The van der Waals surface area contributed by atoms with Crippen molar-refractivity contribution in [1.82, 2.24) is 9.97 Å². The Morgan fingerprint density at radius 1 is 1.20 bits per heavy atom. The van der Waals surface area contributed by atoms with Gasteiger partial charge in [0, 0.05) is 22.6 Å². The molecule has 0 amide bonds. The molecule has 0 atom stereocenters. The Morgan fingerprint density at radius 2 is 1.90 bits per heavy atom. The van der Waals surface area contributed by atoms with E-state index in [0.717, 1.165) is 29.4 Å². The van der Waals surface area contributed by atoms with Gasteiger partial charge in [0.25, 0.3) is 0 Å². The molecule has 0 fully saturated rings. The van der Waals surface area contributed by atoms with Gasteiger partial charge in [-0.3, -0.25) is 0 Å². The maximum Gasteiger partial charge on any atom is 0.243 e. The van der Waals surface area contributed by atoms with Gasteiger partial charge < -0.3 is 0 Å². The zero-order valence-electron chi connectivity index (χ0n) is 11.4. The molecule has 0 saturated carbocycles. The van der Waals surface area contributed by atoms with E-state index >= 15 is 0 Å². The summed E-state index contributed by atoms with van der Waals surface area (Å²) in [5.41, 5.74) is 5.32. The first-order valence-electron chi connectivity index (χ1n) is 6.61. The molecule has 5 heteroatoms. The van der Waals surface area contributed by atoms with Crippen LogP contribution in [0, 0.1) is 0 Å². The molecule has 0 radical (unpaired) electrons. The molecule has 0 unspecified atom stereocenters. The Balaban J connectivity index is 1.90. The molecule has 2 rings (SSSR count). The fourth-order valence-electron chi connectivity index (χ4n) is 1.74. The van der Waals surface area contributed by atoms with E-state index in [9.17, 15) is 0 Å². The Bertz CT molecular complexity index is 552. The Hall–Kier alpha value is -1.75. The van der Waals surface area contributed by atoms with E-state index in [4.69, 9.17) is 0 Å². The van der Waals surface area contributed by atoms with Gasteiger partial charge in [-0.25, -0.2) is 15.4 Å². The summed E-state index contributed by atoms with van der Waals surface area (Å²) in [6.07, 6.45) is 6.21. The number of hydrazone groups is 1. The third-order valence-electron chi connectivity index (χ3n) is 2.90. The molecular weight excluding hydrogens is 316 g/mol. The molecule has 20 heavy (non-hydrogen) atoms. The van der Waals surface area contributed by atoms with Crippen molar-refractivity contribution < 1.29 is 0 Å². The van der Waals surface area contributed by atoms with Gasteiger partial charge in [-0.1, -0.05) is 35.0 Å². The average Bonchev–Trinajstić information content (AvgIpc) is 2.50. The maximum absolute atomic E-state index is 4.38. The minimum atomic E-state index is 0.530. The predicted molar refractivity (Wildman–Crippen MR) is 85.8 cm³/mol. The number of rotatable bonds is 6. The zero-order valence-corrected chi connectivity index (χ0v) is 13.0. The summed E-state index contributed by atoms with van der Waals surface area (Å²) in [5, 5.41) is 4.38. The third-order valence-corrected chi connectivity index (χ3v) is 3.43. The van der Waals surface area contributed by atoms with Crippen LogP contribution >= 0.6 is 15.9 Å². The molecule has 1 N–H and O–H groups in total. The van der Waals surface area contributed by atoms with Crippen LogP contribution in [-0.2, 0) is 6.42 Å². The van der Waals surface area contributed by atoms with Gasteiger partial charge in [-0.15, -0.1) is 0 Å². The highest BCUT2D eigenvalue weighted by Gasteiger charge is 2.00. The van der Waals surface area contributed by atoms with Crippen LogP contribution in [0.5, 0.6) is 0 Å². The predicted octanol–water partition coefficient (Wildman–Crippen LogP) is 4.05. The molecule has 4 nitrogen and oxygen atoms in total. The van der Waals surface area contributed by atoms with Crippen LogP contribution in [0.3, 0.4) is 0 Å². The van der Waals surface area contributed by atoms with Crippen LogP contribution in [0.25, 0.3) is 0 Å². The molecule has 104 valence electrons. The lowest BCUT2D eigenvalue weighted by atomic mass is 10.1. The van der Waals surface area contributed by atoms with Crippen LogP contribution < -0.4 is 5.43 Å².